The van der Waals surface area contributed by atoms with Crippen LogP contribution in [0.2, 0.25) is 0 Å². The molecule has 3 aromatic heterocycles. The number of rotatable bonds is 13. The fourth-order valence-electron chi connectivity index (χ4n) is 6.83. The Morgan fingerprint density at radius 1 is 0.633 bits per heavy atom. The van der Waals surface area contributed by atoms with Gasteiger partial charge in [0.1, 0.15) is 22.5 Å². The van der Waals surface area contributed by atoms with Gasteiger partial charge in [0.25, 0.3) is 0 Å². The number of aromatic nitrogens is 2. The maximum Gasteiger partial charge on any atom is 0.338 e. The van der Waals surface area contributed by atoms with Gasteiger partial charge >= 0.3 is 11.9 Å². The lowest BCUT2D eigenvalue weighted by Gasteiger charge is -2.20. The number of hydrogen-bond donors (Lipinski definition) is 1. The number of para-hydroxylation sites is 1. The molecule has 0 saturated carbocycles. The third kappa shape index (κ3) is 8.51. The molecule has 0 aliphatic heterocycles. The van der Waals surface area contributed by atoms with Crippen LogP contribution in [0.25, 0.3) is 52.8 Å². The van der Waals surface area contributed by atoms with E-state index in [1.165, 1.54) is 40.8 Å². The van der Waals surface area contributed by atoms with E-state index in [1.807, 2.05) is 30.3 Å². The number of aryl methyl sites for hydroxylation is 4. The molecule has 60 heavy (non-hydrogen) atoms. The molecule has 0 atom stereocenters. The normalized spacial score (nSPS) is 11.5. The van der Waals surface area contributed by atoms with Crippen molar-refractivity contribution in [1.82, 2.24) is 8.75 Å². The molecule has 1 N–H and O–H groups in total. The van der Waals surface area contributed by atoms with E-state index in [0.29, 0.717) is 46.0 Å². The predicted octanol–water partition coefficient (Wildman–Crippen LogP) is 13.9. The Hall–Kier alpha value is -6.40. The van der Waals surface area contributed by atoms with E-state index in [9.17, 15) is 9.59 Å². The Labute approximate surface area is 360 Å². The smallest absolute Gasteiger partial charge is 0.338 e. The highest BCUT2D eigenvalue weighted by atomic mass is 32.1. The van der Waals surface area contributed by atoms with E-state index < -0.39 is 11.9 Å². The van der Waals surface area contributed by atoms with Crippen LogP contribution in [0.4, 0.5) is 0 Å². The average Bonchev–Trinajstić information content (AvgIpc) is 4.05. The molecule has 8 rings (SSSR count). The average molecular weight is 849 g/mol. The van der Waals surface area contributed by atoms with Gasteiger partial charge in [-0.2, -0.15) is 8.75 Å². The second-order valence-electron chi connectivity index (χ2n) is 14.5. The summed E-state index contributed by atoms with van der Waals surface area (Å²) in [5.41, 5.74) is 10.5. The summed E-state index contributed by atoms with van der Waals surface area (Å²) in [5.74, 6) is 0.503. The molecule has 5 aromatic carbocycles. The highest BCUT2D eigenvalue weighted by Gasteiger charge is 2.30. The van der Waals surface area contributed by atoms with Crippen LogP contribution >= 0.6 is 34.4 Å². The number of thiophene rings is 2. The summed E-state index contributed by atoms with van der Waals surface area (Å²) in [6, 6.07) is 37.8. The molecule has 0 bridgehead atoms. The van der Waals surface area contributed by atoms with Crippen LogP contribution in [-0.2, 0) is 9.53 Å². The van der Waals surface area contributed by atoms with Gasteiger partial charge < -0.3 is 19.3 Å². The third-order valence-electron chi connectivity index (χ3n) is 10.1. The first-order valence-corrected chi connectivity index (χ1v) is 21.7. The number of benzene rings is 5. The SMILES string of the molecule is CC(=CCCOC(=O)c1ccc(Oc2c(Oc3ccccc3)c(-c3ccc(-c4cc(C)ccc4C)s3)c3nsnc3c2-c2ccc(-c3cc(C)ccc3C)s2)cc1)C(=O)O. The Bertz CT molecular complexity index is 2910. The van der Waals surface area contributed by atoms with Gasteiger partial charge in [0, 0.05) is 31.5 Å². The van der Waals surface area contributed by atoms with Crippen LogP contribution in [0.3, 0.4) is 0 Å². The monoisotopic (exact) mass is 848 g/mol. The Morgan fingerprint density at radius 3 is 1.65 bits per heavy atom. The lowest BCUT2D eigenvalue weighted by molar-refractivity contribution is -0.132. The number of carbonyl (C=O) groups excluding carboxylic acids is 1. The number of carboxylic acid groups (broad SMARTS) is 1. The summed E-state index contributed by atoms with van der Waals surface area (Å²) in [5, 5.41) is 9.12. The molecule has 0 fully saturated rings. The van der Waals surface area contributed by atoms with Gasteiger partial charge in [-0.3, -0.25) is 0 Å². The highest BCUT2D eigenvalue weighted by molar-refractivity contribution is 7.19. The van der Waals surface area contributed by atoms with Crippen molar-refractivity contribution in [3.63, 3.8) is 0 Å². The minimum absolute atomic E-state index is 0.0501. The molecule has 0 unspecified atom stereocenters. The topological polar surface area (TPSA) is 108 Å². The Kier molecular flexibility index (Phi) is 11.7. The van der Waals surface area contributed by atoms with Crippen molar-refractivity contribution in [2.24, 2.45) is 0 Å². The van der Waals surface area contributed by atoms with Crippen LogP contribution in [-0.4, -0.2) is 32.4 Å². The summed E-state index contributed by atoms with van der Waals surface area (Å²) < 4.78 is 29.2. The van der Waals surface area contributed by atoms with Crippen LogP contribution in [0.15, 0.2) is 127 Å². The van der Waals surface area contributed by atoms with E-state index in [-0.39, 0.29) is 12.2 Å². The molecular weight excluding hydrogens is 809 g/mol. The number of nitrogens with zero attached hydrogens (tertiary/aromatic N) is 2. The lowest BCUT2D eigenvalue weighted by Crippen LogP contribution is -2.06. The molecule has 8 aromatic rings. The van der Waals surface area contributed by atoms with Crippen molar-refractivity contribution in [3.05, 3.63) is 155 Å². The molecule has 300 valence electrons. The number of aliphatic carboxylic acids is 1. The fourth-order valence-corrected chi connectivity index (χ4v) is 9.65. The zero-order chi connectivity index (χ0) is 41.9. The van der Waals surface area contributed by atoms with Crippen molar-refractivity contribution in [2.45, 2.75) is 41.0 Å². The minimum atomic E-state index is -1.01. The zero-order valence-electron chi connectivity index (χ0n) is 33.6. The van der Waals surface area contributed by atoms with E-state index in [1.54, 1.807) is 46.9 Å². The molecule has 0 spiro atoms. The van der Waals surface area contributed by atoms with Gasteiger partial charge in [-0.1, -0.05) is 71.8 Å². The largest absolute Gasteiger partial charge is 0.478 e. The maximum absolute atomic E-state index is 13.0. The van der Waals surface area contributed by atoms with E-state index in [2.05, 4.69) is 88.4 Å². The third-order valence-corrected chi connectivity index (χ3v) is 12.9. The highest BCUT2D eigenvalue weighted by Crippen LogP contribution is 2.56. The molecule has 3 heterocycles. The molecule has 0 radical (unpaired) electrons. The van der Waals surface area contributed by atoms with Crippen molar-refractivity contribution < 1.29 is 28.9 Å². The van der Waals surface area contributed by atoms with Crippen molar-refractivity contribution in [1.29, 1.82) is 0 Å². The zero-order valence-corrected chi connectivity index (χ0v) is 36.0. The number of carboxylic acids is 1. The quantitative estimate of drug-likeness (QED) is 0.0694. The second-order valence-corrected chi connectivity index (χ2v) is 17.2. The molecule has 0 aliphatic rings. The maximum atomic E-state index is 13.0. The molecule has 0 aliphatic carbocycles. The number of hydrogen-bond acceptors (Lipinski definition) is 10. The summed E-state index contributed by atoms with van der Waals surface area (Å²) in [6.45, 7) is 10.0. The molecule has 11 heteroatoms. The number of carbonyl (C=O) groups is 2. The van der Waals surface area contributed by atoms with E-state index >= 15 is 0 Å². The standard InChI is InChI=1S/C49H40N2O6S3/c1-28-13-15-30(3)36(26-28)38-21-23-40(58-38)42-44-45(51-60-50-44)43(41-24-22-39(59-41)37-27-29(2)14-16-31(37)4)47(46(42)56-34-11-7-6-8-12-34)57-35-19-17-33(18-20-35)49(54)55-25-9-10-32(5)48(52)53/h6-8,10-24,26-27H,9,25H2,1-5H3,(H,52,53). The summed E-state index contributed by atoms with van der Waals surface area (Å²) in [7, 11) is 0. The van der Waals surface area contributed by atoms with Crippen molar-refractivity contribution in [3.8, 4) is 64.8 Å². The summed E-state index contributed by atoms with van der Waals surface area (Å²) in [4.78, 5) is 28.2. The first-order chi connectivity index (χ1) is 29.0. The fraction of sp³-hybridized carbons (Fsp3) is 0.143. The Morgan fingerprint density at radius 2 is 1.13 bits per heavy atom. The van der Waals surface area contributed by atoms with Crippen LogP contribution in [0, 0.1) is 27.7 Å². The van der Waals surface area contributed by atoms with Crippen LogP contribution < -0.4 is 9.47 Å². The summed E-state index contributed by atoms with van der Waals surface area (Å²) >= 11 is 4.46. The second kappa shape index (κ2) is 17.4. The van der Waals surface area contributed by atoms with Crippen LogP contribution in [0.1, 0.15) is 46.0 Å². The Balaban J connectivity index is 1.28. The molecular formula is C49H40N2O6S3. The minimum Gasteiger partial charge on any atom is -0.478 e. The van der Waals surface area contributed by atoms with Gasteiger partial charge in [-0.15, -0.1) is 22.7 Å². The van der Waals surface area contributed by atoms with Crippen LogP contribution in [0.5, 0.6) is 23.0 Å². The van der Waals surface area contributed by atoms with Crippen molar-refractivity contribution in [2.75, 3.05) is 6.61 Å². The van der Waals surface area contributed by atoms with Gasteiger partial charge in [0.15, 0.2) is 11.5 Å². The van der Waals surface area contributed by atoms with Gasteiger partial charge in [-0.25, -0.2) is 9.59 Å². The lowest BCUT2D eigenvalue weighted by atomic mass is 10.0. The van der Waals surface area contributed by atoms with Crippen molar-refractivity contribution >= 4 is 57.4 Å². The van der Waals surface area contributed by atoms with Gasteiger partial charge in [0.2, 0.25) is 0 Å². The summed E-state index contributed by atoms with van der Waals surface area (Å²) in [6.07, 6.45) is 1.82. The molecule has 0 saturated heterocycles. The predicted molar refractivity (Wildman–Crippen MR) is 243 cm³/mol. The van der Waals surface area contributed by atoms with Gasteiger partial charge in [0.05, 0.1) is 35.0 Å². The van der Waals surface area contributed by atoms with E-state index in [0.717, 1.165) is 47.9 Å². The molecule has 0 amide bonds. The van der Waals surface area contributed by atoms with Gasteiger partial charge in [-0.05, 0) is 118 Å². The molecule has 8 nitrogen and oxygen atoms in total. The number of fused-ring (bicyclic) bond motifs is 1. The number of ether oxygens (including phenoxy) is 3. The number of esters is 1. The van der Waals surface area contributed by atoms with E-state index in [4.69, 9.17) is 28.1 Å². The first kappa shape index (κ1) is 40.4. The first-order valence-electron chi connectivity index (χ1n) is 19.3.